The molecule has 1 saturated heterocycles. The summed E-state index contributed by atoms with van der Waals surface area (Å²) < 4.78 is 30.3. The van der Waals surface area contributed by atoms with Crippen molar-refractivity contribution in [2.75, 3.05) is 25.1 Å². The minimum Gasteiger partial charge on any atom is -0.491 e. The van der Waals surface area contributed by atoms with Crippen LogP contribution in [-0.4, -0.2) is 37.8 Å². The Morgan fingerprint density at radius 2 is 2.00 bits per heavy atom. The molecule has 3 rings (SSSR count). The molecule has 1 unspecified atom stereocenters. The Balaban J connectivity index is 1.45. The molecular weight excluding hydrogens is 433 g/mol. The summed E-state index contributed by atoms with van der Waals surface area (Å²) >= 11 is 3.13. The number of carbonyl (C=O) groups excluding carboxylic acids is 2. The van der Waals surface area contributed by atoms with E-state index in [1.54, 1.807) is 30.3 Å². The molecular formula is C20H19BrFNO5. The predicted octanol–water partition coefficient (Wildman–Crippen LogP) is 3.94. The minimum absolute atomic E-state index is 0.0111. The summed E-state index contributed by atoms with van der Waals surface area (Å²) in [5, 5.41) is 2.35. The summed E-state index contributed by atoms with van der Waals surface area (Å²) in [6.07, 6.45) is 2.14. The molecule has 6 nitrogen and oxygen atoms in total. The van der Waals surface area contributed by atoms with Crippen molar-refractivity contribution in [3.63, 3.8) is 0 Å². The topological polar surface area (TPSA) is 73.9 Å². The molecule has 2 aromatic rings. The standard InChI is InChI=1S/C20H19BrFNO5/c21-14-5-8-18(17(22)10-14)23-19(24)12-28-20(25)13-3-6-15(7-4-13)27-11-16-2-1-9-26-16/h3-8,10,16H,1-2,9,11-12H2,(H,23,24). The van der Waals surface area contributed by atoms with Crippen LogP contribution in [0.3, 0.4) is 0 Å². The Morgan fingerprint density at radius 3 is 2.68 bits per heavy atom. The van der Waals surface area contributed by atoms with Gasteiger partial charge in [-0.05, 0) is 55.3 Å². The molecule has 1 aliphatic heterocycles. The van der Waals surface area contributed by atoms with Gasteiger partial charge in [0.25, 0.3) is 5.91 Å². The molecule has 0 aliphatic carbocycles. The van der Waals surface area contributed by atoms with Crippen LogP contribution >= 0.6 is 15.9 Å². The highest BCUT2D eigenvalue weighted by atomic mass is 79.9. The molecule has 28 heavy (non-hydrogen) atoms. The zero-order chi connectivity index (χ0) is 19.9. The Labute approximate surface area is 170 Å². The first-order valence-electron chi connectivity index (χ1n) is 8.78. The second-order valence-electron chi connectivity index (χ2n) is 6.22. The van der Waals surface area contributed by atoms with E-state index in [0.29, 0.717) is 16.8 Å². The van der Waals surface area contributed by atoms with Crippen LogP contribution in [0.4, 0.5) is 10.1 Å². The van der Waals surface area contributed by atoms with E-state index in [-0.39, 0.29) is 17.4 Å². The third-order valence-electron chi connectivity index (χ3n) is 4.09. The van der Waals surface area contributed by atoms with Crippen molar-refractivity contribution in [2.24, 2.45) is 0 Å². The largest absolute Gasteiger partial charge is 0.491 e. The normalized spacial score (nSPS) is 15.9. The monoisotopic (exact) mass is 451 g/mol. The lowest BCUT2D eigenvalue weighted by atomic mass is 10.2. The molecule has 1 aliphatic rings. The van der Waals surface area contributed by atoms with E-state index in [0.717, 1.165) is 19.4 Å². The quantitative estimate of drug-likeness (QED) is 0.645. The maximum Gasteiger partial charge on any atom is 0.338 e. The number of hydrogen-bond acceptors (Lipinski definition) is 5. The van der Waals surface area contributed by atoms with E-state index in [2.05, 4.69) is 21.2 Å². The number of benzene rings is 2. The van der Waals surface area contributed by atoms with E-state index < -0.39 is 24.3 Å². The van der Waals surface area contributed by atoms with Gasteiger partial charge >= 0.3 is 5.97 Å². The number of anilines is 1. The van der Waals surface area contributed by atoms with E-state index in [1.165, 1.54) is 12.1 Å². The zero-order valence-electron chi connectivity index (χ0n) is 15.0. The van der Waals surface area contributed by atoms with Crippen molar-refractivity contribution in [3.8, 4) is 5.75 Å². The van der Waals surface area contributed by atoms with E-state index in [9.17, 15) is 14.0 Å². The van der Waals surface area contributed by atoms with Crippen LogP contribution < -0.4 is 10.1 Å². The Morgan fingerprint density at radius 1 is 1.21 bits per heavy atom. The summed E-state index contributed by atoms with van der Waals surface area (Å²) in [6.45, 7) is 0.711. The second-order valence-corrected chi connectivity index (χ2v) is 7.13. The highest BCUT2D eigenvalue weighted by Gasteiger charge is 2.16. The second kappa shape index (κ2) is 9.66. The summed E-state index contributed by atoms with van der Waals surface area (Å²) in [5.74, 6) is -1.26. The number of esters is 1. The number of carbonyl (C=O) groups is 2. The minimum atomic E-state index is -0.655. The SMILES string of the molecule is O=C(COC(=O)c1ccc(OCC2CCCO2)cc1)Nc1ccc(Br)cc1F. The van der Waals surface area contributed by atoms with Gasteiger partial charge in [0, 0.05) is 11.1 Å². The smallest absolute Gasteiger partial charge is 0.338 e. The number of rotatable bonds is 7. The van der Waals surface area contributed by atoms with Crippen molar-refractivity contribution < 1.29 is 28.2 Å². The highest BCUT2D eigenvalue weighted by molar-refractivity contribution is 9.10. The van der Waals surface area contributed by atoms with Crippen molar-refractivity contribution in [1.82, 2.24) is 0 Å². The van der Waals surface area contributed by atoms with Crippen LogP contribution in [-0.2, 0) is 14.3 Å². The van der Waals surface area contributed by atoms with E-state index in [1.807, 2.05) is 0 Å². The molecule has 1 atom stereocenters. The lowest BCUT2D eigenvalue weighted by molar-refractivity contribution is -0.119. The van der Waals surface area contributed by atoms with Crippen molar-refractivity contribution in [3.05, 3.63) is 58.3 Å². The van der Waals surface area contributed by atoms with Crippen LogP contribution in [0.1, 0.15) is 23.2 Å². The third-order valence-corrected chi connectivity index (χ3v) is 4.58. The van der Waals surface area contributed by atoms with Gasteiger partial charge in [0.1, 0.15) is 18.2 Å². The average molecular weight is 452 g/mol. The maximum absolute atomic E-state index is 13.7. The molecule has 0 spiro atoms. The van der Waals surface area contributed by atoms with Crippen molar-refractivity contribution in [1.29, 1.82) is 0 Å². The first kappa shape index (κ1) is 20.3. The molecule has 0 radical (unpaired) electrons. The third kappa shape index (κ3) is 5.77. The molecule has 148 valence electrons. The Hall–Kier alpha value is -2.45. The fraction of sp³-hybridized carbons (Fsp3) is 0.300. The first-order valence-corrected chi connectivity index (χ1v) is 9.57. The number of nitrogens with one attached hydrogen (secondary N) is 1. The van der Waals surface area contributed by atoms with Crippen LogP contribution in [0.15, 0.2) is 46.9 Å². The molecule has 0 aromatic heterocycles. The lowest BCUT2D eigenvalue weighted by Gasteiger charge is -2.11. The van der Waals surface area contributed by atoms with Gasteiger partial charge in [-0.25, -0.2) is 9.18 Å². The van der Waals surface area contributed by atoms with Gasteiger partial charge < -0.3 is 19.5 Å². The van der Waals surface area contributed by atoms with Crippen molar-refractivity contribution >= 4 is 33.5 Å². The number of hydrogen-bond donors (Lipinski definition) is 1. The van der Waals surface area contributed by atoms with Crippen LogP contribution in [0.5, 0.6) is 5.75 Å². The van der Waals surface area contributed by atoms with Gasteiger partial charge in [0.15, 0.2) is 6.61 Å². The van der Waals surface area contributed by atoms with Crippen LogP contribution in [0, 0.1) is 5.82 Å². The molecule has 1 heterocycles. The van der Waals surface area contributed by atoms with Gasteiger partial charge in [0.05, 0.1) is 17.4 Å². The summed E-state index contributed by atoms with van der Waals surface area (Å²) in [5.41, 5.74) is 0.295. The Bertz CT molecular complexity index is 837. The molecule has 0 saturated carbocycles. The summed E-state index contributed by atoms with van der Waals surface area (Å²) in [4.78, 5) is 23.9. The average Bonchev–Trinajstić information content (AvgIpc) is 3.21. The van der Waals surface area contributed by atoms with Gasteiger partial charge in [0.2, 0.25) is 0 Å². The molecule has 1 fully saturated rings. The van der Waals surface area contributed by atoms with E-state index in [4.69, 9.17) is 14.2 Å². The van der Waals surface area contributed by atoms with Crippen molar-refractivity contribution in [2.45, 2.75) is 18.9 Å². The molecule has 8 heteroatoms. The van der Waals surface area contributed by atoms with Gasteiger partial charge in [-0.15, -0.1) is 0 Å². The van der Waals surface area contributed by atoms with Crippen LogP contribution in [0.25, 0.3) is 0 Å². The predicted molar refractivity (Wildman–Crippen MR) is 104 cm³/mol. The summed E-state index contributed by atoms with van der Waals surface area (Å²) in [7, 11) is 0. The number of ether oxygens (including phenoxy) is 3. The fourth-order valence-corrected chi connectivity index (χ4v) is 2.98. The summed E-state index contributed by atoms with van der Waals surface area (Å²) in [6, 6.07) is 10.6. The molecule has 1 amide bonds. The zero-order valence-corrected chi connectivity index (χ0v) is 16.5. The Kier molecular flexibility index (Phi) is 7.00. The fourth-order valence-electron chi connectivity index (χ4n) is 2.64. The maximum atomic E-state index is 13.7. The van der Waals surface area contributed by atoms with Gasteiger partial charge in [-0.2, -0.15) is 0 Å². The first-order chi connectivity index (χ1) is 13.5. The molecule has 1 N–H and O–H groups in total. The van der Waals surface area contributed by atoms with Gasteiger partial charge in [-0.3, -0.25) is 4.79 Å². The number of halogens is 2. The highest BCUT2D eigenvalue weighted by Crippen LogP contribution is 2.19. The number of amides is 1. The van der Waals surface area contributed by atoms with Crippen LogP contribution in [0.2, 0.25) is 0 Å². The molecule has 0 bridgehead atoms. The van der Waals surface area contributed by atoms with Gasteiger partial charge in [-0.1, -0.05) is 15.9 Å². The lowest BCUT2D eigenvalue weighted by Crippen LogP contribution is -2.21. The molecule has 2 aromatic carbocycles. The van der Waals surface area contributed by atoms with E-state index >= 15 is 0 Å².